The molecule has 0 saturated heterocycles. The molecule has 0 unspecified atom stereocenters. The molecule has 1 heterocycles. The van der Waals surface area contributed by atoms with E-state index in [1.165, 1.54) is 11.3 Å². The zero-order valence-electron chi connectivity index (χ0n) is 9.64. The number of anilines is 1. The van der Waals surface area contributed by atoms with Gasteiger partial charge in [-0.15, -0.1) is 11.3 Å². The number of nitrogens with one attached hydrogen (secondary N) is 1. The summed E-state index contributed by atoms with van der Waals surface area (Å²) in [7, 11) is 0. The lowest BCUT2D eigenvalue weighted by atomic mass is 10.2. The third-order valence-corrected chi connectivity index (χ3v) is 3.15. The topological polar surface area (TPSA) is 68.1 Å². The third kappa shape index (κ3) is 2.36. The summed E-state index contributed by atoms with van der Waals surface area (Å²) >= 11 is 1.41. The molecule has 17 heavy (non-hydrogen) atoms. The molecule has 2 rings (SSSR count). The van der Waals surface area contributed by atoms with Gasteiger partial charge in [-0.1, -0.05) is 13.8 Å². The molecule has 0 amide bonds. The van der Waals surface area contributed by atoms with Gasteiger partial charge in [-0.2, -0.15) is 0 Å². The summed E-state index contributed by atoms with van der Waals surface area (Å²) in [6.45, 7) is 4.82. The molecule has 0 bridgehead atoms. The fourth-order valence-electron chi connectivity index (χ4n) is 1.56. The summed E-state index contributed by atoms with van der Waals surface area (Å²) in [5.74, 6) is 0.431. The minimum Gasteiger partial charge on any atom is -0.379 e. The van der Waals surface area contributed by atoms with Gasteiger partial charge in [0.15, 0.2) is 5.52 Å². The zero-order valence-corrected chi connectivity index (χ0v) is 10.5. The number of hydrogen-bond acceptors (Lipinski definition) is 5. The van der Waals surface area contributed by atoms with Crippen LogP contribution >= 0.6 is 11.3 Å². The summed E-state index contributed by atoms with van der Waals surface area (Å²) < 4.78 is 0.840. The van der Waals surface area contributed by atoms with Crippen molar-refractivity contribution in [1.82, 2.24) is 4.98 Å². The van der Waals surface area contributed by atoms with E-state index in [4.69, 9.17) is 0 Å². The molecule has 0 atom stereocenters. The van der Waals surface area contributed by atoms with Crippen LogP contribution < -0.4 is 5.32 Å². The Morgan fingerprint density at radius 3 is 2.94 bits per heavy atom. The Kier molecular flexibility index (Phi) is 3.23. The summed E-state index contributed by atoms with van der Waals surface area (Å²) in [6.07, 6.45) is 0. The van der Waals surface area contributed by atoms with Crippen molar-refractivity contribution >= 4 is 32.9 Å². The Labute approximate surface area is 103 Å². The molecule has 0 saturated carbocycles. The SMILES string of the molecule is CC(C)CNc1ccc2scnc2c1[N+](=O)[O-]. The number of nitrogens with zero attached hydrogens (tertiary/aromatic N) is 2. The van der Waals surface area contributed by atoms with Crippen LogP contribution in [0.1, 0.15) is 13.8 Å². The van der Waals surface area contributed by atoms with Crippen molar-refractivity contribution in [2.45, 2.75) is 13.8 Å². The minimum atomic E-state index is -0.370. The number of hydrogen-bond donors (Lipinski definition) is 1. The summed E-state index contributed by atoms with van der Waals surface area (Å²) in [5, 5.41) is 14.2. The molecule has 1 N–H and O–H groups in total. The fraction of sp³-hybridized carbons (Fsp3) is 0.364. The van der Waals surface area contributed by atoms with Crippen LogP contribution in [0.2, 0.25) is 0 Å². The van der Waals surface area contributed by atoms with Gasteiger partial charge in [0.1, 0.15) is 5.69 Å². The Morgan fingerprint density at radius 1 is 1.53 bits per heavy atom. The number of aromatic nitrogens is 1. The molecule has 0 radical (unpaired) electrons. The second kappa shape index (κ2) is 4.67. The molecule has 0 aliphatic rings. The maximum atomic E-state index is 11.1. The van der Waals surface area contributed by atoms with E-state index < -0.39 is 0 Å². The first-order chi connectivity index (χ1) is 8.09. The number of benzene rings is 1. The quantitative estimate of drug-likeness (QED) is 0.669. The highest BCUT2D eigenvalue weighted by Crippen LogP contribution is 2.34. The maximum Gasteiger partial charge on any atom is 0.319 e. The van der Waals surface area contributed by atoms with Crippen molar-refractivity contribution in [2.24, 2.45) is 5.92 Å². The van der Waals surface area contributed by atoms with Crippen LogP contribution in [0.5, 0.6) is 0 Å². The van der Waals surface area contributed by atoms with E-state index in [1.807, 2.05) is 6.07 Å². The van der Waals surface area contributed by atoms with Crippen molar-refractivity contribution in [2.75, 3.05) is 11.9 Å². The molecular formula is C11H13N3O2S. The Balaban J connectivity index is 2.46. The van der Waals surface area contributed by atoms with Gasteiger partial charge in [0.05, 0.1) is 15.1 Å². The number of fused-ring (bicyclic) bond motifs is 1. The Morgan fingerprint density at radius 2 is 2.29 bits per heavy atom. The van der Waals surface area contributed by atoms with Gasteiger partial charge >= 0.3 is 5.69 Å². The first-order valence-corrected chi connectivity index (χ1v) is 6.22. The van der Waals surface area contributed by atoms with Crippen molar-refractivity contribution in [3.05, 3.63) is 27.8 Å². The van der Waals surface area contributed by atoms with Crippen LogP contribution in [-0.4, -0.2) is 16.5 Å². The lowest BCUT2D eigenvalue weighted by molar-refractivity contribution is -0.382. The summed E-state index contributed by atoms with van der Waals surface area (Å²) in [4.78, 5) is 14.8. The van der Waals surface area contributed by atoms with Crippen LogP contribution in [0.3, 0.4) is 0 Å². The molecule has 5 nitrogen and oxygen atoms in total. The highest BCUT2D eigenvalue weighted by molar-refractivity contribution is 7.16. The minimum absolute atomic E-state index is 0.0735. The van der Waals surface area contributed by atoms with Gasteiger partial charge in [-0.25, -0.2) is 4.98 Å². The predicted molar refractivity (Wildman–Crippen MR) is 69.6 cm³/mol. The third-order valence-electron chi connectivity index (χ3n) is 2.36. The van der Waals surface area contributed by atoms with Gasteiger partial charge in [-0.05, 0) is 18.1 Å². The van der Waals surface area contributed by atoms with Crippen LogP contribution in [0.25, 0.3) is 10.2 Å². The molecule has 1 aromatic heterocycles. The summed E-state index contributed by atoms with van der Waals surface area (Å²) in [5.41, 5.74) is 2.71. The lowest BCUT2D eigenvalue weighted by Crippen LogP contribution is -2.09. The van der Waals surface area contributed by atoms with Crippen LogP contribution in [0.4, 0.5) is 11.4 Å². The molecule has 6 heteroatoms. The number of rotatable bonds is 4. The average molecular weight is 251 g/mol. The number of thiazole rings is 1. The van der Waals surface area contributed by atoms with Crippen molar-refractivity contribution in [1.29, 1.82) is 0 Å². The fourth-order valence-corrected chi connectivity index (χ4v) is 2.24. The lowest BCUT2D eigenvalue weighted by Gasteiger charge is -2.09. The molecular weight excluding hydrogens is 238 g/mol. The summed E-state index contributed by atoms with van der Waals surface area (Å²) in [6, 6.07) is 3.61. The van der Waals surface area contributed by atoms with Crippen molar-refractivity contribution in [3.8, 4) is 0 Å². The standard InChI is InChI=1S/C11H13N3O2S/c1-7(2)5-12-8-3-4-9-10(13-6-17-9)11(8)14(15)16/h3-4,6-7,12H,5H2,1-2H3. The van der Waals surface area contributed by atoms with Gasteiger partial charge < -0.3 is 5.32 Å². The first kappa shape index (κ1) is 11.8. The van der Waals surface area contributed by atoms with E-state index >= 15 is 0 Å². The highest BCUT2D eigenvalue weighted by Gasteiger charge is 2.20. The van der Waals surface area contributed by atoms with Gasteiger partial charge in [0.2, 0.25) is 0 Å². The van der Waals surface area contributed by atoms with Crippen LogP contribution in [-0.2, 0) is 0 Å². The smallest absolute Gasteiger partial charge is 0.319 e. The molecule has 90 valence electrons. The average Bonchev–Trinajstić information content (AvgIpc) is 2.72. The molecule has 0 fully saturated rings. The molecule has 2 aromatic rings. The number of nitro groups is 1. The van der Waals surface area contributed by atoms with Crippen LogP contribution in [0, 0.1) is 16.0 Å². The van der Waals surface area contributed by atoms with E-state index in [9.17, 15) is 10.1 Å². The maximum absolute atomic E-state index is 11.1. The van der Waals surface area contributed by atoms with Gasteiger partial charge in [0.25, 0.3) is 0 Å². The number of nitro benzene ring substituents is 1. The van der Waals surface area contributed by atoms with Gasteiger partial charge in [0, 0.05) is 6.54 Å². The van der Waals surface area contributed by atoms with E-state index in [2.05, 4.69) is 24.1 Å². The molecule has 0 aliphatic heterocycles. The largest absolute Gasteiger partial charge is 0.379 e. The first-order valence-electron chi connectivity index (χ1n) is 5.34. The van der Waals surface area contributed by atoms with E-state index in [-0.39, 0.29) is 10.6 Å². The normalized spacial score (nSPS) is 11.0. The monoisotopic (exact) mass is 251 g/mol. The Hall–Kier alpha value is -1.69. The molecule has 0 spiro atoms. The van der Waals surface area contributed by atoms with Crippen molar-refractivity contribution in [3.63, 3.8) is 0 Å². The Bertz CT molecular complexity index is 551. The second-order valence-electron chi connectivity index (χ2n) is 4.19. The van der Waals surface area contributed by atoms with E-state index in [0.717, 1.165) is 4.70 Å². The molecule has 1 aromatic carbocycles. The van der Waals surface area contributed by atoms with E-state index in [0.29, 0.717) is 23.7 Å². The van der Waals surface area contributed by atoms with Gasteiger partial charge in [-0.3, -0.25) is 10.1 Å². The van der Waals surface area contributed by atoms with Crippen molar-refractivity contribution < 1.29 is 4.92 Å². The molecule has 0 aliphatic carbocycles. The van der Waals surface area contributed by atoms with Crippen LogP contribution in [0.15, 0.2) is 17.6 Å². The van der Waals surface area contributed by atoms with E-state index in [1.54, 1.807) is 11.6 Å². The zero-order chi connectivity index (χ0) is 12.4. The second-order valence-corrected chi connectivity index (χ2v) is 5.08. The predicted octanol–water partition coefficient (Wildman–Crippen LogP) is 3.27. The highest BCUT2D eigenvalue weighted by atomic mass is 32.1.